The molecule has 31 heavy (non-hydrogen) atoms. The first kappa shape index (κ1) is 20.8. The maximum atomic E-state index is 12.6. The van der Waals surface area contributed by atoms with E-state index in [9.17, 15) is 19.8 Å². The number of para-hydroxylation sites is 1. The molecule has 1 aliphatic heterocycles. The fourth-order valence-electron chi connectivity index (χ4n) is 3.62. The van der Waals surface area contributed by atoms with Crippen LogP contribution in [0.4, 0.5) is 0 Å². The average molecular weight is 420 g/mol. The number of fused-ring (bicyclic) bond motifs is 1. The number of nitrogens with zero attached hydrogens (tertiary/aromatic N) is 3. The number of aliphatic hydroxyl groups excluding tert-OH is 2. The van der Waals surface area contributed by atoms with Gasteiger partial charge in [0, 0.05) is 19.3 Å². The molecule has 0 bridgehead atoms. The summed E-state index contributed by atoms with van der Waals surface area (Å²) in [4.78, 5) is 26.5. The Morgan fingerprint density at radius 3 is 2.19 bits per heavy atom. The van der Waals surface area contributed by atoms with E-state index < -0.39 is 30.1 Å². The van der Waals surface area contributed by atoms with Crippen molar-refractivity contribution in [3.63, 3.8) is 0 Å². The number of hydrogen-bond donors (Lipinski definition) is 3. The number of nitrogens with one attached hydrogen (secondary N) is 1. The lowest BCUT2D eigenvalue weighted by Crippen LogP contribution is -2.50. The van der Waals surface area contributed by atoms with Gasteiger partial charge in [-0.25, -0.2) is 4.68 Å². The van der Waals surface area contributed by atoms with Gasteiger partial charge in [-0.15, -0.1) is 0 Å². The van der Waals surface area contributed by atoms with E-state index in [4.69, 9.17) is 0 Å². The van der Waals surface area contributed by atoms with Gasteiger partial charge in [0.1, 0.15) is 0 Å². The molecular weight excluding hydrogens is 396 g/mol. The maximum absolute atomic E-state index is 12.6. The molecule has 3 aromatic rings. The zero-order valence-electron chi connectivity index (χ0n) is 17.0. The zero-order chi connectivity index (χ0) is 22.0. The Hall–Kier alpha value is -3.49. The first-order chi connectivity index (χ1) is 14.9. The summed E-state index contributed by atoms with van der Waals surface area (Å²) in [6, 6.07) is 18.3. The summed E-state index contributed by atoms with van der Waals surface area (Å²) < 4.78 is 1.68. The summed E-state index contributed by atoms with van der Waals surface area (Å²) in [5.41, 5.74) is 3.44. The van der Waals surface area contributed by atoms with Crippen LogP contribution in [0.5, 0.6) is 0 Å². The molecule has 2 heterocycles. The molecule has 1 aromatic heterocycles. The van der Waals surface area contributed by atoms with Crippen LogP contribution >= 0.6 is 0 Å². The number of aromatic nitrogens is 2. The van der Waals surface area contributed by atoms with E-state index in [1.165, 1.54) is 4.90 Å². The van der Waals surface area contributed by atoms with E-state index in [0.29, 0.717) is 18.8 Å². The lowest BCUT2D eigenvalue weighted by Gasteiger charge is -2.23. The molecule has 0 saturated carbocycles. The predicted octanol–water partition coefficient (Wildman–Crippen LogP) is 1.31. The van der Waals surface area contributed by atoms with E-state index in [2.05, 4.69) is 10.4 Å². The van der Waals surface area contributed by atoms with Crippen LogP contribution in [0.1, 0.15) is 29.8 Å². The molecule has 0 saturated heterocycles. The molecule has 3 atom stereocenters. The van der Waals surface area contributed by atoms with Gasteiger partial charge in [0.2, 0.25) is 0 Å². The van der Waals surface area contributed by atoms with Gasteiger partial charge in [-0.2, -0.15) is 5.10 Å². The molecule has 1 aliphatic rings. The topological polar surface area (TPSA) is 108 Å². The van der Waals surface area contributed by atoms with E-state index in [0.717, 1.165) is 16.8 Å². The van der Waals surface area contributed by atoms with Crippen molar-refractivity contribution in [1.82, 2.24) is 20.0 Å². The second-order valence-electron chi connectivity index (χ2n) is 7.60. The minimum Gasteiger partial charge on any atom is -0.380 e. The minimum atomic E-state index is -1.88. The van der Waals surface area contributed by atoms with Crippen molar-refractivity contribution < 1.29 is 19.8 Å². The molecule has 2 aromatic carbocycles. The quantitative estimate of drug-likeness (QED) is 0.557. The fourth-order valence-corrected chi connectivity index (χ4v) is 3.62. The van der Waals surface area contributed by atoms with Crippen LogP contribution in [-0.2, 0) is 22.7 Å². The van der Waals surface area contributed by atoms with Gasteiger partial charge >= 0.3 is 0 Å². The summed E-state index contributed by atoms with van der Waals surface area (Å²) in [6.07, 6.45) is -1.95. The number of aliphatic hydroxyl groups is 2. The molecule has 4 rings (SSSR count). The fraction of sp³-hybridized carbons (Fsp3) is 0.261. The Bertz CT molecular complexity index is 1060. The molecule has 0 fully saturated rings. The second-order valence-corrected chi connectivity index (χ2v) is 7.60. The van der Waals surface area contributed by atoms with Crippen molar-refractivity contribution in [3.05, 3.63) is 83.7 Å². The van der Waals surface area contributed by atoms with Crippen LogP contribution in [0.25, 0.3) is 5.69 Å². The number of benzene rings is 2. The molecule has 0 unspecified atom stereocenters. The highest BCUT2D eigenvalue weighted by Gasteiger charge is 2.36. The minimum absolute atomic E-state index is 0.341. The van der Waals surface area contributed by atoms with Crippen LogP contribution in [-0.4, -0.2) is 48.9 Å². The third-order valence-corrected chi connectivity index (χ3v) is 5.41. The number of amides is 2. The summed E-state index contributed by atoms with van der Waals surface area (Å²) in [5, 5.41) is 27.6. The number of carbonyl (C=O) groups is 2. The SMILES string of the molecule is C[C@@H](NC(=O)[C@H](O)[C@@H](O)C(=O)N1Cc2ccccc2C1)c1ccn(-c2ccccc2)n1. The van der Waals surface area contributed by atoms with E-state index >= 15 is 0 Å². The number of carbonyl (C=O) groups excluding carboxylic acids is 2. The van der Waals surface area contributed by atoms with Gasteiger partial charge < -0.3 is 20.4 Å². The maximum Gasteiger partial charge on any atom is 0.255 e. The Kier molecular flexibility index (Phi) is 5.83. The van der Waals surface area contributed by atoms with Gasteiger partial charge in [-0.3, -0.25) is 9.59 Å². The van der Waals surface area contributed by atoms with Crippen molar-refractivity contribution in [2.45, 2.75) is 38.3 Å². The van der Waals surface area contributed by atoms with Crippen LogP contribution in [0.3, 0.4) is 0 Å². The molecule has 0 spiro atoms. The Morgan fingerprint density at radius 1 is 0.935 bits per heavy atom. The summed E-state index contributed by atoms with van der Waals surface area (Å²) in [6.45, 7) is 2.40. The summed E-state index contributed by atoms with van der Waals surface area (Å²) in [7, 11) is 0. The van der Waals surface area contributed by atoms with E-state index in [1.54, 1.807) is 23.9 Å². The predicted molar refractivity (Wildman–Crippen MR) is 113 cm³/mol. The van der Waals surface area contributed by atoms with Gasteiger partial charge in [0.25, 0.3) is 11.8 Å². The summed E-state index contributed by atoms with van der Waals surface area (Å²) >= 11 is 0. The zero-order valence-corrected chi connectivity index (χ0v) is 17.0. The average Bonchev–Trinajstić information content (AvgIpc) is 3.45. The molecule has 8 nitrogen and oxygen atoms in total. The lowest BCUT2D eigenvalue weighted by atomic mass is 10.1. The van der Waals surface area contributed by atoms with Gasteiger partial charge in [-0.1, -0.05) is 42.5 Å². The van der Waals surface area contributed by atoms with Crippen molar-refractivity contribution in [2.75, 3.05) is 0 Å². The molecular formula is C23H24N4O4. The third-order valence-electron chi connectivity index (χ3n) is 5.41. The van der Waals surface area contributed by atoms with Crippen molar-refractivity contribution >= 4 is 11.8 Å². The Morgan fingerprint density at radius 2 is 1.55 bits per heavy atom. The Balaban J connectivity index is 1.36. The number of hydrogen-bond acceptors (Lipinski definition) is 5. The van der Waals surface area contributed by atoms with Gasteiger partial charge in [0.15, 0.2) is 12.2 Å². The van der Waals surface area contributed by atoms with Crippen molar-refractivity contribution in [2.24, 2.45) is 0 Å². The third kappa shape index (κ3) is 4.35. The smallest absolute Gasteiger partial charge is 0.255 e. The standard InChI is InChI=1S/C23H24N4O4/c1-15(19-11-12-27(25-19)18-9-3-2-4-10-18)24-22(30)20(28)21(29)23(31)26-13-16-7-5-6-8-17(16)14-26/h2-12,15,20-21,28-29H,13-14H2,1H3,(H,24,30)/t15-,20-,21-/m1/s1. The van der Waals surface area contributed by atoms with E-state index in [-0.39, 0.29) is 0 Å². The summed E-state index contributed by atoms with van der Waals surface area (Å²) in [5.74, 6) is -1.51. The molecule has 8 heteroatoms. The first-order valence-electron chi connectivity index (χ1n) is 10.1. The molecule has 0 aliphatic carbocycles. The highest BCUT2D eigenvalue weighted by molar-refractivity contribution is 5.91. The lowest BCUT2D eigenvalue weighted by molar-refractivity contribution is -0.153. The van der Waals surface area contributed by atoms with Crippen LogP contribution in [0.15, 0.2) is 66.9 Å². The highest BCUT2D eigenvalue weighted by atomic mass is 16.3. The Labute approximate surface area is 179 Å². The molecule has 3 N–H and O–H groups in total. The van der Waals surface area contributed by atoms with E-state index in [1.807, 2.05) is 54.6 Å². The van der Waals surface area contributed by atoms with Crippen LogP contribution in [0.2, 0.25) is 0 Å². The second kappa shape index (κ2) is 8.71. The first-order valence-corrected chi connectivity index (χ1v) is 10.1. The van der Waals surface area contributed by atoms with Gasteiger partial charge in [0.05, 0.1) is 17.4 Å². The van der Waals surface area contributed by atoms with Gasteiger partial charge in [-0.05, 0) is 36.2 Å². The van der Waals surface area contributed by atoms with Crippen molar-refractivity contribution in [1.29, 1.82) is 0 Å². The number of rotatable bonds is 6. The molecule has 160 valence electrons. The highest BCUT2D eigenvalue weighted by Crippen LogP contribution is 2.23. The van der Waals surface area contributed by atoms with Crippen LogP contribution in [0, 0.1) is 0 Å². The monoisotopic (exact) mass is 420 g/mol. The van der Waals surface area contributed by atoms with Crippen LogP contribution < -0.4 is 5.32 Å². The molecule has 2 amide bonds. The normalized spacial score (nSPS) is 15.8. The van der Waals surface area contributed by atoms with Crippen molar-refractivity contribution in [3.8, 4) is 5.69 Å². The largest absolute Gasteiger partial charge is 0.380 e. The molecule has 0 radical (unpaired) electrons.